The van der Waals surface area contributed by atoms with Crippen LogP contribution in [0.1, 0.15) is 19.8 Å². The topological polar surface area (TPSA) is 69.4 Å². The van der Waals surface area contributed by atoms with Gasteiger partial charge in [0.05, 0.1) is 12.4 Å². The molecule has 0 spiro atoms. The van der Waals surface area contributed by atoms with Crippen molar-refractivity contribution in [2.24, 2.45) is 11.1 Å². The molecule has 6 heteroatoms. The van der Waals surface area contributed by atoms with E-state index in [1.54, 1.807) is 12.1 Å². The molecule has 1 rings (SSSR count). The molecule has 0 aromatic heterocycles. The second-order valence-corrected chi connectivity index (χ2v) is 6.09. The summed E-state index contributed by atoms with van der Waals surface area (Å²) in [5, 5.41) is 4.92. The predicted molar refractivity (Wildman–Crippen MR) is 68.3 cm³/mol. The van der Waals surface area contributed by atoms with Gasteiger partial charge in [-0.3, -0.25) is 0 Å². The highest BCUT2D eigenvalue weighted by atomic mass is 32.2. The number of hydrogen-bond donors (Lipinski definition) is 1. The molecule has 102 valence electrons. The van der Waals surface area contributed by atoms with E-state index in [2.05, 4.69) is 0 Å². The van der Waals surface area contributed by atoms with Crippen LogP contribution in [0.3, 0.4) is 0 Å². The Hall–Kier alpha value is -1.14. The Kier molecular flexibility index (Phi) is 5.55. The summed E-state index contributed by atoms with van der Waals surface area (Å²) in [4.78, 5) is 0. The molecule has 0 heterocycles. The number of rotatable bonds is 7. The number of primary sulfonamides is 1. The van der Waals surface area contributed by atoms with E-state index in [1.807, 2.05) is 6.92 Å². The summed E-state index contributed by atoms with van der Waals surface area (Å²) in [7, 11) is -3.38. The van der Waals surface area contributed by atoms with Crippen molar-refractivity contribution in [2.45, 2.75) is 19.8 Å². The first-order chi connectivity index (χ1) is 8.37. The molecular weight excluding hydrogens is 257 g/mol. The molecule has 1 aromatic rings. The molecule has 2 N–H and O–H groups in total. The predicted octanol–water partition coefficient (Wildman–Crippen LogP) is 1.91. The first-order valence-electron chi connectivity index (χ1n) is 5.75. The van der Waals surface area contributed by atoms with E-state index in [1.165, 1.54) is 12.1 Å². The SMILES string of the molecule is CC(CCOc1ccc(F)cc1)CCS(N)(=O)=O. The van der Waals surface area contributed by atoms with Crippen molar-refractivity contribution in [3.8, 4) is 5.75 Å². The molecular formula is C12H18FNO3S. The van der Waals surface area contributed by atoms with Crippen molar-refractivity contribution >= 4 is 10.0 Å². The zero-order chi connectivity index (χ0) is 13.6. The van der Waals surface area contributed by atoms with Gasteiger partial charge in [0.15, 0.2) is 0 Å². The Bertz CT molecular complexity index is 459. The minimum atomic E-state index is -3.38. The number of benzene rings is 1. The lowest BCUT2D eigenvalue weighted by Crippen LogP contribution is -2.18. The molecule has 0 bridgehead atoms. The Morgan fingerprint density at radius 3 is 2.44 bits per heavy atom. The van der Waals surface area contributed by atoms with Gasteiger partial charge in [0, 0.05) is 0 Å². The van der Waals surface area contributed by atoms with E-state index in [9.17, 15) is 12.8 Å². The molecule has 0 fully saturated rings. The standard InChI is InChI=1S/C12H18FNO3S/c1-10(7-9-18(14,15)16)6-8-17-12-4-2-11(13)3-5-12/h2-5,10H,6-9H2,1H3,(H2,14,15,16). The molecule has 0 aliphatic rings. The van der Waals surface area contributed by atoms with Gasteiger partial charge >= 0.3 is 0 Å². The van der Waals surface area contributed by atoms with Crippen LogP contribution in [0.25, 0.3) is 0 Å². The summed E-state index contributed by atoms with van der Waals surface area (Å²) >= 11 is 0. The molecule has 1 unspecified atom stereocenters. The fourth-order valence-electron chi connectivity index (χ4n) is 1.42. The highest BCUT2D eigenvalue weighted by molar-refractivity contribution is 7.89. The van der Waals surface area contributed by atoms with Gasteiger partial charge in [-0.2, -0.15) is 0 Å². The largest absolute Gasteiger partial charge is 0.494 e. The number of sulfonamides is 1. The Morgan fingerprint density at radius 1 is 1.28 bits per heavy atom. The average Bonchev–Trinajstić information content (AvgIpc) is 2.28. The summed E-state index contributed by atoms with van der Waals surface area (Å²) in [6, 6.07) is 5.79. The zero-order valence-corrected chi connectivity index (χ0v) is 11.1. The van der Waals surface area contributed by atoms with E-state index in [-0.39, 0.29) is 17.5 Å². The molecule has 1 aromatic carbocycles. The van der Waals surface area contributed by atoms with Crippen molar-refractivity contribution < 1.29 is 17.5 Å². The first-order valence-corrected chi connectivity index (χ1v) is 7.47. The number of halogens is 1. The highest BCUT2D eigenvalue weighted by Crippen LogP contribution is 2.13. The summed E-state index contributed by atoms with van der Waals surface area (Å²) in [5.41, 5.74) is 0. The highest BCUT2D eigenvalue weighted by Gasteiger charge is 2.08. The van der Waals surface area contributed by atoms with Crippen LogP contribution in [0, 0.1) is 11.7 Å². The van der Waals surface area contributed by atoms with E-state index >= 15 is 0 Å². The molecule has 4 nitrogen and oxygen atoms in total. The maximum Gasteiger partial charge on any atom is 0.209 e. The normalized spacial score (nSPS) is 13.3. The Labute approximate surface area is 107 Å². The minimum Gasteiger partial charge on any atom is -0.494 e. The van der Waals surface area contributed by atoms with Crippen molar-refractivity contribution in [1.82, 2.24) is 0 Å². The molecule has 0 radical (unpaired) electrons. The van der Waals surface area contributed by atoms with E-state index in [4.69, 9.17) is 9.88 Å². The van der Waals surface area contributed by atoms with Gasteiger partial charge in [-0.25, -0.2) is 17.9 Å². The number of nitrogens with two attached hydrogens (primary N) is 1. The summed E-state index contributed by atoms with van der Waals surface area (Å²) in [6.07, 6.45) is 1.25. The van der Waals surface area contributed by atoms with Crippen molar-refractivity contribution in [3.63, 3.8) is 0 Å². The lowest BCUT2D eigenvalue weighted by molar-refractivity contribution is 0.281. The minimum absolute atomic E-state index is 0.00921. The van der Waals surface area contributed by atoms with Gasteiger partial charge in [0.25, 0.3) is 0 Å². The quantitative estimate of drug-likeness (QED) is 0.826. The van der Waals surface area contributed by atoms with Crippen LogP contribution in [0.2, 0.25) is 0 Å². The van der Waals surface area contributed by atoms with Crippen LogP contribution < -0.4 is 9.88 Å². The maximum absolute atomic E-state index is 12.6. The van der Waals surface area contributed by atoms with Crippen LogP contribution in [0.15, 0.2) is 24.3 Å². The van der Waals surface area contributed by atoms with Crippen LogP contribution in [-0.4, -0.2) is 20.8 Å². The van der Waals surface area contributed by atoms with E-state index in [0.717, 1.165) is 6.42 Å². The molecule has 0 amide bonds. The van der Waals surface area contributed by atoms with E-state index < -0.39 is 10.0 Å². The van der Waals surface area contributed by atoms with Crippen molar-refractivity contribution in [1.29, 1.82) is 0 Å². The third kappa shape index (κ3) is 6.56. The van der Waals surface area contributed by atoms with Gasteiger partial charge in [0.1, 0.15) is 11.6 Å². The van der Waals surface area contributed by atoms with Gasteiger partial charge in [-0.15, -0.1) is 0 Å². The maximum atomic E-state index is 12.6. The van der Waals surface area contributed by atoms with E-state index in [0.29, 0.717) is 18.8 Å². The van der Waals surface area contributed by atoms with Crippen LogP contribution in [-0.2, 0) is 10.0 Å². The van der Waals surface area contributed by atoms with Crippen molar-refractivity contribution in [2.75, 3.05) is 12.4 Å². The molecule has 0 aliphatic carbocycles. The lowest BCUT2D eigenvalue weighted by atomic mass is 10.1. The van der Waals surface area contributed by atoms with Crippen LogP contribution in [0.5, 0.6) is 5.75 Å². The third-order valence-corrected chi connectivity index (χ3v) is 3.39. The number of ether oxygens (including phenoxy) is 1. The molecule has 0 saturated carbocycles. The number of hydrogen-bond acceptors (Lipinski definition) is 3. The van der Waals surface area contributed by atoms with Crippen molar-refractivity contribution in [3.05, 3.63) is 30.1 Å². The van der Waals surface area contributed by atoms with Crippen LogP contribution in [0.4, 0.5) is 4.39 Å². The second kappa shape index (κ2) is 6.70. The fraction of sp³-hybridized carbons (Fsp3) is 0.500. The second-order valence-electron chi connectivity index (χ2n) is 4.35. The van der Waals surface area contributed by atoms with Gasteiger partial charge in [-0.05, 0) is 43.0 Å². The van der Waals surface area contributed by atoms with Gasteiger partial charge < -0.3 is 4.74 Å². The average molecular weight is 275 g/mol. The van der Waals surface area contributed by atoms with Crippen LogP contribution >= 0.6 is 0 Å². The monoisotopic (exact) mass is 275 g/mol. The lowest BCUT2D eigenvalue weighted by Gasteiger charge is -2.11. The molecule has 0 aliphatic heterocycles. The smallest absolute Gasteiger partial charge is 0.209 e. The van der Waals surface area contributed by atoms with Gasteiger partial charge in [0.2, 0.25) is 10.0 Å². The third-order valence-electron chi connectivity index (χ3n) is 2.59. The Morgan fingerprint density at radius 2 is 1.89 bits per heavy atom. The summed E-state index contributed by atoms with van der Waals surface area (Å²) < 4.78 is 39.6. The fourth-order valence-corrected chi connectivity index (χ4v) is 2.15. The Balaban J connectivity index is 2.23. The molecule has 18 heavy (non-hydrogen) atoms. The summed E-state index contributed by atoms with van der Waals surface area (Å²) in [5.74, 6) is 0.507. The molecule has 0 saturated heterocycles. The summed E-state index contributed by atoms with van der Waals surface area (Å²) in [6.45, 7) is 2.41. The first kappa shape index (κ1) is 14.9. The molecule has 1 atom stereocenters. The van der Waals surface area contributed by atoms with Gasteiger partial charge in [-0.1, -0.05) is 6.92 Å². The zero-order valence-electron chi connectivity index (χ0n) is 10.3.